The van der Waals surface area contributed by atoms with Gasteiger partial charge in [0.2, 0.25) is 0 Å². The van der Waals surface area contributed by atoms with Crippen molar-refractivity contribution in [3.8, 4) is 5.75 Å². The van der Waals surface area contributed by atoms with E-state index in [1.54, 1.807) is 0 Å². The van der Waals surface area contributed by atoms with E-state index in [1.165, 1.54) is 13.0 Å². The molecule has 2 N–H and O–H groups in total. The number of piperidine rings is 1. The second-order valence-electron chi connectivity index (χ2n) is 6.20. The highest BCUT2D eigenvalue weighted by atomic mass is 19.1. The largest absolute Gasteiger partial charge is 0.507 e. The standard InChI is InChI=1S/C16H20FNO3/c1-9(19)15-5-11(17)4-10(16(15)21)8-18-12-2-3-13(18)7-14(20)6-12/h4-5,12-14,20-21H,2-3,6-8H2,1H3. The van der Waals surface area contributed by atoms with Crippen molar-refractivity contribution in [2.45, 2.75) is 57.3 Å². The SMILES string of the molecule is CC(=O)c1cc(F)cc(CN2C3CCC2CC(O)C3)c1O. The normalized spacial score (nSPS) is 28.8. The molecule has 0 aromatic heterocycles. The first-order valence-electron chi connectivity index (χ1n) is 7.42. The number of hydrogen-bond donors (Lipinski definition) is 2. The number of aliphatic hydroxyl groups is 1. The number of phenols is 1. The second-order valence-corrected chi connectivity index (χ2v) is 6.20. The molecular formula is C16H20FNO3. The Labute approximate surface area is 123 Å². The Bertz CT molecular complexity index is 561. The summed E-state index contributed by atoms with van der Waals surface area (Å²) in [6.45, 7) is 1.74. The number of Topliss-reactive ketones (excluding diaryl/α,β-unsaturated/α-hetero) is 1. The van der Waals surface area contributed by atoms with E-state index in [4.69, 9.17) is 0 Å². The maximum absolute atomic E-state index is 13.7. The summed E-state index contributed by atoms with van der Waals surface area (Å²) in [6.07, 6.45) is 3.25. The minimum atomic E-state index is -0.502. The summed E-state index contributed by atoms with van der Waals surface area (Å²) >= 11 is 0. The number of nitrogens with zero attached hydrogens (tertiary/aromatic N) is 1. The molecule has 3 rings (SSSR count). The van der Waals surface area contributed by atoms with Crippen LogP contribution in [0.15, 0.2) is 12.1 Å². The van der Waals surface area contributed by atoms with Gasteiger partial charge < -0.3 is 10.2 Å². The zero-order valence-electron chi connectivity index (χ0n) is 12.1. The molecule has 5 heteroatoms. The van der Waals surface area contributed by atoms with E-state index in [9.17, 15) is 19.4 Å². The van der Waals surface area contributed by atoms with Gasteiger partial charge in [-0.15, -0.1) is 0 Å². The van der Waals surface area contributed by atoms with Crippen molar-refractivity contribution in [3.05, 3.63) is 29.1 Å². The van der Waals surface area contributed by atoms with Crippen LogP contribution in [-0.2, 0) is 6.54 Å². The lowest BCUT2D eigenvalue weighted by atomic mass is 9.98. The number of carbonyl (C=O) groups excluding carboxylic acids is 1. The Kier molecular flexibility index (Phi) is 3.71. The van der Waals surface area contributed by atoms with Gasteiger partial charge in [-0.25, -0.2) is 4.39 Å². The van der Waals surface area contributed by atoms with Crippen molar-refractivity contribution in [3.63, 3.8) is 0 Å². The van der Waals surface area contributed by atoms with E-state index in [2.05, 4.69) is 4.90 Å². The number of ketones is 1. The molecule has 2 bridgehead atoms. The molecule has 2 saturated heterocycles. The molecule has 0 spiro atoms. The van der Waals surface area contributed by atoms with Crippen LogP contribution in [-0.4, -0.2) is 39.1 Å². The maximum atomic E-state index is 13.7. The Balaban J connectivity index is 1.87. The minimum absolute atomic E-state index is 0.0365. The maximum Gasteiger partial charge on any atom is 0.163 e. The smallest absolute Gasteiger partial charge is 0.163 e. The van der Waals surface area contributed by atoms with E-state index in [0.29, 0.717) is 12.1 Å². The molecule has 114 valence electrons. The molecule has 2 unspecified atom stereocenters. The van der Waals surface area contributed by atoms with Crippen LogP contribution in [0, 0.1) is 5.82 Å². The number of aromatic hydroxyl groups is 1. The van der Waals surface area contributed by atoms with E-state index in [1.807, 2.05) is 0 Å². The van der Waals surface area contributed by atoms with Crippen LogP contribution in [0.25, 0.3) is 0 Å². The van der Waals surface area contributed by atoms with Crippen molar-refractivity contribution in [1.29, 1.82) is 0 Å². The van der Waals surface area contributed by atoms with Crippen LogP contribution in [0.3, 0.4) is 0 Å². The van der Waals surface area contributed by atoms with Crippen LogP contribution in [0.1, 0.15) is 48.5 Å². The topological polar surface area (TPSA) is 60.8 Å². The lowest BCUT2D eigenvalue weighted by molar-refractivity contribution is 0.0306. The van der Waals surface area contributed by atoms with Gasteiger partial charge in [-0.2, -0.15) is 0 Å². The zero-order valence-corrected chi connectivity index (χ0v) is 12.1. The summed E-state index contributed by atoms with van der Waals surface area (Å²) in [5.74, 6) is -0.961. The highest BCUT2D eigenvalue weighted by Gasteiger charge is 2.40. The first-order chi connectivity index (χ1) is 9.95. The summed E-state index contributed by atoms with van der Waals surface area (Å²) in [6, 6.07) is 2.94. The molecular weight excluding hydrogens is 273 g/mol. The second kappa shape index (κ2) is 5.39. The van der Waals surface area contributed by atoms with E-state index >= 15 is 0 Å². The highest BCUT2D eigenvalue weighted by Crippen LogP contribution is 2.38. The molecule has 2 aliphatic rings. The predicted octanol–water partition coefficient (Wildman–Crippen LogP) is 2.22. The molecule has 0 aliphatic carbocycles. The van der Waals surface area contributed by atoms with Crippen molar-refractivity contribution >= 4 is 5.78 Å². The third kappa shape index (κ3) is 2.68. The molecule has 4 nitrogen and oxygen atoms in total. The lowest BCUT2D eigenvalue weighted by Gasteiger charge is -2.37. The summed E-state index contributed by atoms with van der Waals surface area (Å²) in [5.41, 5.74) is 0.489. The molecule has 2 heterocycles. The van der Waals surface area contributed by atoms with Crippen LogP contribution < -0.4 is 0 Å². The lowest BCUT2D eigenvalue weighted by Crippen LogP contribution is -2.44. The third-order valence-corrected chi connectivity index (χ3v) is 4.75. The van der Waals surface area contributed by atoms with E-state index < -0.39 is 5.82 Å². The third-order valence-electron chi connectivity index (χ3n) is 4.75. The summed E-state index contributed by atoms with van der Waals surface area (Å²) < 4.78 is 13.7. The Hall–Kier alpha value is -1.46. The number of benzene rings is 1. The molecule has 1 aromatic carbocycles. The average Bonchev–Trinajstić information content (AvgIpc) is 2.65. The van der Waals surface area contributed by atoms with Gasteiger partial charge in [0.1, 0.15) is 11.6 Å². The fraction of sp³-hybridized carbons (Fsp3) is 0.562. The van der Waals surface area contributed by atoms with Gasteiger partial charge >= 0.3 is 0 Å². The molecule has 2 fully saturated rings. The summed E-state index contributed by atoms with van der Waals surface area (Å²) in [7, 11) is 0. The van der Waals surface area contributed by atoms with E-state index in [-0.39, 0.29) is 35.3 Å². The van der Waals surface area contributed by atoms with Gasteiger partial charge in [0.25, 0.3) is 0 Å². The molecule has 2 atom stereocenters. The number of fused-ring (bicyclic) bond motifs is 2. The fourth-order valence-electron chi connectivity index (χ4n) is 3.74. The van der Waals surface area contributed by atoms with Gasteiger partial charge in [-0.1, -0.05) is 0 Å². The van der Waals surface area contributed by atoms with Gasteiger partial charge in [0.15, 0.2) is 5.78 Å². The van der Waals surface area contributed by atoms with Gasteiger partial charge in [0.05, 0.1) is 11.7 Å². The molecule has 21 heavy (non-hydrogen) atoms. The number of hydrogen-bond acceptors (Lipinski definition) is 4. The zero-order chi connectivity index (χ0) is 15.1. The van der Waals surface area contributed by atoms with Crippen molar-refractivity contribution < 1.29 is 19.4 Å². The van der Waals surface area contributed by atoms with Crippen LogP contribution in [0.2, 0.25) is 0 Å². The van der Waals surface area contributed by atoms with Gasteiger partial charge in [0, 0.05) is 24.2 Å². The first-order valence-corrected chi connectivity index (χ1v) is 7.42. The van der Waals surface area contributed by atoms with E-state index in [0.717, 1.165) is 31.7 Å². The molecule has 0 amide bonds. The summed E-state index contributed by atoms with van der Waals surface area (Å²) in [4.78, 5) is 13.7. The highest BCUT2D eigenvalue weighted by molar-refractivity contribution is 5.97. The minimum Gasteiger partial charge on any atom is -0.507 e. The predicted molar refractivity (Wildman–Crippen MR) is 75.7 cm³/mol. The molecule has 0 radical (unpaired) electrons. The summed E-state index contributed by atoms with van der Waals surface area (Å²) in [5, 5.41) is 20.0. The number of carbonyl (C=O) groups is 1. The fourth-order valence-corrected chi connectivity index (χ4v) is 3.74. The Morgan fingerprint density at radius 3 is 2.52 bits per heavy atom. The molecule has 0 saturated carbocycles. The molecule has 2 aliphatic heterocycles. The van der Waals surface area contributed by atoms with Crippen molar-refractivity contribution in [2.24, 2.45) is 0 Å². The number of rotatable bonds is 3. The van der Waals surface area contributed by atoms with Crippen LogP contribution >= 0.6 is 0 Å². The van der Waals surface area contributed by atoms with Gasteiger partial charge in [-0.05, 0) is 44.7 Å². The number of phenolic OH excluding ortho intramolecular Hbond substituents is 1. The van der Waals surface area contributed by atoms with Gasteiger partial charge in [-0.3, -0.25) is 9.69 Å². The van der Waals surface area contributed by atoms with Crippen LogP contribution in [0.5, 0.6) is 5.75 Å². The molecule has 1 aromatic rings. The number of aliphatic hydroxyl groups excluding tert-OH is 1. The monoisotopic (exact) mass is 293 g/mol. The van der Waals surface area contributed by atoms with Crippen LogP contribution in [0.4, 0.5) is 4.39 Å². The quantitative estimate of drug-likeness (QED) is 0.839. The Morgan fingerprint density at radius 1 is 1.33 bits per heavy atom. The van der Waals surface area contributed by atoms with Crippen molar-refractivity contribution in [1.82, 2.24) is 4.90 Å². The first kappa shape index (κ1) is 14.5. The Morgan fingerprint density at radius 2 is 1.95 bits per heavy atom. The average molecular weight is 293 g/mol. The van der Waals surface area contributed by atoms with Crippen molar-refractivity contribution in [2.75, 3.05) is 0 Å². The number of halogens is 1.